The number of ether oxygens (including phenoxy) is 1. The van der Waals surface area contributed by atoms with Gasteiger partial charge in [-0.3, -0.25) is 4.79 Å². The summed E-state index contributed by atoms with van der Waals surface area (Å²) in [6, 6.07) is 5.98. The summed E-state index contributed by atoms with van der Waals surface area (Å²) in [7, 11) is 0. The third kappa shape index (κ3) is 3.37. The van der Waals surface area contributed by atoms with Gasteiger partial charge in [-0.1, -0.05) is 6.07 Å². The van der Waals surface area contributed by atoms with Gasteiger partial charge in [0.05, 0.1) is 25.7 Å². The van der Waals surface area contributed by atoms with E-state index in [0.29, 0.717) is 25.5 Å². The highest BCUT2D eigenvalue weighted by Gasteiger charge is 2.40. The van der Waals surface area contributed by atoms with Crippen LogP contribution in [0.1, 0.15) is 23.3 Å². The number of carbonyl (C=O) groups is 1. The van der Waals surface area contributed by atoms with Gasteiger partial charge in [0.2, 0.25) is 0 Å². The van der Waals surface area contributed by atoms with Gasteiger partial charge in [-0.05, 0) is 25.0 Å². The summed E-state index contributed by atoms with van der Waals surface area (Å²) in [5.41, 5.74) is 0.496. The molecule has 0 aromatic carbocycles. The van der Waals surface area contributed by atoms with Crippen molar-refractivity contribution in [2.45, 2.75) is 12.8 Å². The summed E-state index contributed by atoms with van der Waals surface area (Å²) in [6.07, 6.45) is 7.00. The number of piperidine rings is 1. The van der Waals surface area contributed by atoms with Gasteiger partial charge in [-0.2, -0.15) is 0 Å². The lowest BCUT2D eigenvalue weighted by molar-refractivity contribution is 0.0133. The van der Waals surface area contributed by atoms with E-state index in [1.165, 1.54) is 0 Å². The van der Waals surface area contributed by atoms with E-state index in [9.17, 15) is 4.79 Å². The highest BCUT2D eigenvalue weighted by Crippen LogP contribution is 2.34. The van der Waals surface area contributed by atoms with Gasteiger partial charge >= 0.3 is 0 Å². The number of pyridine rings is 1. The number of H-pyrrole nitrogens is 1. The molecule has 2 aromatic rings. The van der Waals surface area contributed by atoms with Crippen molar-refractivity contribution in [2.75, 3.05) is 44.3 Å². The van der Waals surface area contributed by atoms with Crippen LogP contribution in [0.2, 0.25) is 0 Å². The number of likely N-dealkylation sites (tertiary alicyclic amines) is 1. The lowest BCUT2D eigenvalue weighted by atomic mass is 9.80. The van der Waals surface area contributed by atoms with E-state index >= 15 is 0 Å². The van der Waals surface area contributed by atoms with E-state index < -0.39 is 0 Å². The normalized spacial score (nSPS) is 24.3. The van der Waals surface area contributed by atoms with Crippen molar-refractivity contribution in [3.05, 3.63) is 42.6 Å². The summed E-state index contributed by atoms with van der Waals surface area (Å²) in [5.74, 6) is 0.995. The van der Waals surface area contributed by atoms with Gasteiger partial charge in [-0.15, -0.1) is 0 Å². The summed E-state index contributed by atoms with van der Waals surface area (Å²) >= 11 is 0. The molecule has 25 heavy (non-hydrogen) atoms. The smallest absolute Gasteiger partial charge is 0.271 e. The topological polar surface area (TPSA) is 74.3 Å². The van der Waals surface area contributed by atoms with Crippen molar-refractivity contribution in [3.8, 4) is 0 Å². The summed E-state index contributed by atoms with van der Waals surface area (Å²) in [5, 5.41) is 0. The second-order valence-electron chi connectivity index (χ2n) is 6.96. The number of nitrogens with zero attached hydrogens (tertiary/aromatic N) is 4. The molecule has 1 atom stereocenters. The number of anilines is 1. The molecule has 7 heteroatoms. The Labute approximate surface area is 147 Å². The van der Waals surface area contributed by atoms with Crippen LogP contribution in [0.3, 0.4) is 0 Å². The molecule has 0 radical (unpaired) electrons. The Bertz CT molecular complexity index is 706. The average molecular weight is 341 g/mol. The van der Waals surface area contributed by atoms with Crippen LogP contribution in [0.25, 0.3) is 0 Å². The molecule has 7 nitrogen and oxygen atoms in total. The molecule has 1 unspecified atom stereocenters. The molecule has 1 N–H and O–H groups in total. The molecule has 1 amide bonds. The molecule has 2 aromatic heterocycles. The minimum absolute atomic E-state index is 0.0187. The lowest BCUT2D eigenvalue weighted by Gasteiger charge is -2.43. The van der Waals surface area contributed by atoms with E-state index in [-0.39, 0.29) is 11.3 Å². The maximum absolute atomic E-state index is 12.7. The number of nitrogens with one attached hydrogen (secondary N) is 1. The standard InChI is InChI=1S/C18H23N5O2/c24-17(15-10-19-14-21-15)23-7-3-5-18(12-23)11-22(8-9-25-13-18)16-4-1-2-6-20-16/h1-2,4,6,10,14H,3,5,7-9,11-13H2,(H,19,21). The van der Waals surface area contributed by atoms with Crippen molar-refractivity contribution in [1.29, 1.82) is 0 Å². The fourth-order valence-corrected chi connectivity index (χ4v) is 3.90. The second-order valence-corrected chi connectivity index (χ2v) is 6.96. The van der Waals surface area contributed by atoms with E-state index in [2.05, 4.69) is 19.9 Å². The molecule has 1 spiro atoms. The predicted molar refractivity (Wildman–Crippen MR) is 93.4 cm³/mol. The molecule has 0 aliphatic carbocycles. The number of imidazole rings is 1. The number of hydrogen-bond donors (Lipinski definition) is 1. The zero-order valence-corrected chi connectivity index (χ0v) is 14.2. The van der Waals surface area contributed by atoms with E-state index in [1.54, 1.807) is 12.5 Å². The van der Waals surface area contributed by atoms with Crippen molar-refractivity contribution >= 4 is 11.7 Å². The number of aromatic amines is 1. The first-order valence-corrected chi connectivity index (χ1v) is 8.77. The molecule has 0 bridgehead atoms. The van der Waals surface area contributed by atoms with Crippen molar-refractivity contribution < 1.29 is 9.53 Å². The first kappa shape index (κ1) is 16.1. The van der Waals surface area contributed by atoms with Crippen LogP contribution in [-0.2, 0) is 4.74 Å². The predicted octanol–water partition coefficient (Wildman–Crippen LogP) is 1.56. The van der Waals surface area contributed by atoms with Crippen molar-refractivity contribution in [1.82, 2.24) is 19.9 Å². The zero-order chi connectivity index (χ0) is 17.1. The Hall–Kier alpha value is -2.41. The quantitative estimate of drug-likeness (QED) is 0.897. The highest BCUT2D eigenvalue weighted by molar-refractivity contribution is 5.92. The third-order valence-corrected chi connectivity index (χ3v) is 5.09. The van der Waals surface area contributed by atoms with Crippen LogP contribution >= 0.6 is 0 Å². The largest absolute Gasteiger partial charge is 0.379 e. The Morgan fingerprint density at radius 3 is 3.04 bits per heavy atom. The van der Waals surface area contributed by atoms with Crippen LogP contribution in [0.15, 0.2) is 36.9 Å². The fraction of sp³-hybridized carbons (Fsp3) is 0.500. The first-order valence-electron chi connectivity index (χ1n) is 8.77. The summed E-state index contributed by atoms with van der Waals surface area (Å²) < 4.78 is 5.93. The molecule has 132 valence electrons. The Morgan fingerprint density at radius 1 is 1.28 bits per heavy atom. The Morgan fingerprint density at radius 2 is 2.24 bits per heavy atom. The van der Waals surface area contributed by atoms with Gasteiger partial charge in [0.1, 0.15) is 11.5 Å². The van der Waals surface area contributed by atoms with E-state index in [1.807, 2.05) is 29.3 Å². The molecule has 4 rings (SSSR count). The van der Waals surface area contributed by atoms with Gasteiger partial charge in [0, 0.05) is 37.8 Å². The molecule has 2 aliphatic rings. The number of hydrogen-bond acceptors (Lipinski definition) is 5. The van der Waals surface area contributed by atoms with E-state index in [4.69, 9.17) is 4.74 Å². The number of rotatable bonds is 2. The van der Waals surface area contributed by atoms with Crippen LogP contribution in [0, 0.1) is 5.41 Å². The van der Waals surface area contributed by atoms with Crippen LogP contribution in [0.5, 0.6) is 0 Å². The minimum atomic E-state index is -0.0536. The van der Waals surface area contributed by atoms with Gasteiger partial charge in [0.15, 0.2) is 0 Å². The first-order chi connectivity index (χ1) is 12.3. The number of carbonyl (C=O) groups excluding carboxylic acids is 1. The minimum Gasteiger partial charge on any atom is -0.379 e. The molecule has 2 aliphatic heterocycles. The van der Waals surface area contributed by atoms with Crippen LogP contribution in [-0.4, -0.2) is 65.2 Å². The van der Waals surface area contributed by atoms with Crippen LogP contribution < -0.4 is 4.90 Å². The SMILES string of the molecule is O=C(c1cnc[nH]1)N1CCCC2(COCCN(c3ccccn3)C2)C1. The molecular weight excluding hydrogens is 318 g/mol. The molecule has 0 saturated carbocycles. The summed E-state index contributed by atoms with van der Waals surface area (Å²) in [4.78, 5) is 28.3. The van der Waals surface area contributed by atoms with Gasteiger partial charge in [-0.25, -0.2) is 9.97 Å². The molecule has 2 saturated heterocycles. The van der Waals surface area contributed by atoms with Gasteiger partial charge in [0.25, 0.3) is 5.91 Å². The molecule has 4 heterocycles. The fourth-order valence-electron chi connectivity index (χ4n) is 3.90. The Kier molecular flexibility index (Phi) is 4.40. The van der Waals surface area contributed by atoms with E-state index in [0.717, 1.165) is 38.3 Å². The molecular formula is C18H23N5O2. The average Bonchev–Trinajstić information content (AvgIpc) is 3.12. The maximum Gasteiger partial charge on any atom is 0.271 e. The third-order valence-electron chi connectivity index (χ3n) is 5.09. The number of aromatic nitrogens is 3. The second kappa shape index (κ2) is 6.84. The molecule has 2 fully saturated rings. The Balaban J connectivity index is 1.53. The number of amides is 1. The van der Waals surface area contributed by atoms with Crippen molar-refractivity contribution in [3.63, 3.8) is 0 Å². The highest BCUT2D eigenvalue weighted by atomic mass is 16.5. The van der Waals surface area contributed by atoms with Gasteiger partial charge < -0.3 is 19.5 Å². The van der Waals surface area contributed by atoms with Crippen molar-refractivity contribution in [2.24, 2.45) is 5.41 Å². The lowest BCUT2D eigenvalue weighted by Crippen LogP contribution is -2.52. The zero-order valence-electron chi connectivity index (χ0n) is 14.2. The maximum atomic E-state index is 12.7. The summed E-state index contributed by atoms with van der Waals surface area (Å²) in [6.45, 7) is 4.54. The monoisotopic (exact) mass is 341 g/mol. The van der Waals surface area contributed by atoms with Crippen LogP contribution in [0.4, 0.5) is 5.82 Å².